The van der Waals surface area contributed by atoms with Crippen LogP contribution in [-0.2, 0) is 26.7 Å². The van der Waals surface area contributed by atoms with Crippen LogP contribution in [0.5, 0.6) is 5.88 Å². The van der Waals surface area contributed by atoms with Crippen LogP contribution < -0.4 is 9.64 Å². The number of imidazole rings is 1. The highest BCUT2D eigenvalue weighted by Gasteiger charge is 2.45. The Morgan fingerprint density at radius 1 is 1.00 bits per heavy atom. The minimum absolute atomic E-state index is 0.0181. The van der Waals surface area contributed by atoms with Gasteiger partial charge in [0.2, 0.25) is 5.88 Å². The third-order valence-electron chi connectivity index (χ3n) is 8.01. The van der Waals surface area contributed by atoms with Crippen LogP contribution >= 0.6 is 0 Å². The summed E-state index contributed by atoms with van der Waals surface area (Å²) in [6.45, 7) is 0. The minimum atomic E-state index is -4.53. The Labute approximate surface area is 221 Å². The fraction of sp³-hybridized carbons (Fsp3) is 0.462. The maximum Gasteiger partial charge on any atom is 0.434 e. The van der Waals surface area contributed by atoms with E-state index in [1.165, 1.54) is 23.5 Å². The molecule has 6 heterocycles. The first-order valence-corrected chi connectivity index (χ1v) is 12.9. The van der Waals surface area contributed by atoms with Crippen molar-refractivity contribution in [1.29, 1.82) is 0 Å². The molecule has 0 N–H and O–H groups in total. The third-order valence-corrected chi connectivity index (χ3v) is 8.01. The van der Waals surface area contributed by atoms with Gasteiger partial charge in [-0.1, -0.05) is 0 Å². The monoisotopic (exact) mass is 537 g/mol. The predicted octanol–water partition coefficient (Wildman–Crippen LogP) is 4.24. The SMILES string of the molecule is COc1ncnc(C2CC2)c1-c1nn(C)c2c1C1CCC(C2)N1c1cnc(-c2nc(C(F)(F)F)cn2C)cn1. The third kappa shape index (κ3) is 3.77. The van der Waals surface area contributed by atoms with Crippen LogP contribution in [0.1, 0.15) is 60.3 Å². The second kappa shape index (κ2) is 8.48. The molecule has 0 aromatic carbocycles. The van der Waals surface area contributed by atoms with Gasteiger partial charge in [0.15, 0.2) is 11.5 Å². The number of hydrogen-bond acceptors (Lipinski definition) is 8. The Balaban J connectivity index is 1.27. The summed E-state index contributed by atoms with van der Waals surface area (Å²) in [6, 6.07) is 0.234. The van der Waals surface area contributed by atoms with Crippen LogP contribution in [0.3, 0.4) is 0 Å². The van der Waals surface area contributed by atoms with Crippen molar-refractivity contribution in [3.8, 4) is 28.7 Å². The molecule has 1 aliphatic carbocycles. The summed E-state index contributed by atoms with van der Waals surface area (Å²) < 4.78 is 48.4. The first kappa shape index (κ1) is 24.0. The number of nitrogens with zero attached hydrogens (tertiary/aromatic N) is 9. The Bertz CT molecular complexity index is 1570. The van der Waals surface area contributed by atoms with Crippen molar-refractivity contribution in [1.82, 2.24) is 39.3 Å². The van der Waals surface area contributed by atoms with Gasteiger partial charge in [-0.2, -0.15) is 18.3 Å². The lowest BCUT2D eigenvalue weighted by molar-refractivity contribution is -0.140. The molecule has 1 saturated carbocycles. The number of aromatic nitrogens is 8. The molecular weight excluding hydrogens is 511 g/mol. The summed E-state index contributed by atoms with van der Waals surface area (Å²) in [7, 11) is 5.11. The number of methoxy groups -OCH3 is 1. The number of aryl methyl sites for hydroxylation is 2. The number of rotatable bonds is 5. The van der Waals surface area contributed by atoms with Crippen molar-refractivity contribution in [3.05, 3.63) is 47.6 Å². The molecule has 1 saturated heterocycles. The van der Waals surface area contributed by atoms with E-state index in [4.69, 9.17) is 9.84 Å². The van der Waals surface area contributed by atoms with Crippen LogP contribution in [0.15, 0.2) is 24.9 Å². The molecule has 10 nitrogen and oxygen atoms in total. The quantitative estimate of drug-likeness (QED) is 0.373. The predicted molar refractivity (Wildman–Crippen MR) is 134 cm³/mol. The molecule has 2 unspecified atom stereocenters. The number of halogens is 3. The van der Waals surface area contributed by atoms with Crippen molar-refractivity contribution in [2.24, 2.45) is 14.1 Å². The zero-order valence-electron chi connectivity index (χ0n) is 21.6. The van der Waals surface area contributed by atoms with E-state index in [9.17, 15) is 13.2 Å². The fourth-order valence-corrected chi connectivity index (χ4v) is 6.13. The van der Waals surface area contributed by atoms with E-state index < -0.39 is 11.9 Å². The van der Waals surface area contributed by atoms with Gasteiger partial charge in [0, 0.05) is 49.9 Å². The average molecular weight is 538 g/mol. The van der Waals surface area contributed by atoms with Crippen LogP contribution in [0, 0.1) is 0 Å². The van der Waals surface area contributed by atoms with Crippen molar-refractivity contribution in [3.63, 3.8) is 0 Å². The van der Waals surface area contributed by atoms with Crippen molar-refractivity contribution in [2.75, 3.05) is 12.0 Å². The molecule has 3 aliphatic rings. The fourth-order valence-electron chi connectivity index (χ4n) is 6.13. The van der Waals surface area contributed by atoms with E-state index >= 15 is 0 Å². The molecule has 0 spiro atoms. The van der Waals surface area contributed by atoms with Gasteiger partial charge in [-0.05, 0) is 25.7 Å². The highest BCUT2D eigenvalue weighted by atomic mass is 19.4. The molecule has 2 fully saturated rings. The lowest BCUT2D eigenvalue weighted by Gasteiger charge is -2.36. The van der Waals surface area contributed by atoms with Crippen molar-refractivity contribution < 1.29 is 17.9 Å². The van der Waals surface area contributed by atoms with Gasteiger partial charge in [0.1, 0.15) is 23.5 Å². The van der Waals surface area contributed by atoms with Gasteiger partial charge in [-0.25, -0.2) is 24.9 Å². The van der Waals surface area contributed by atoms with Crippen LogP contribution in [0.4, 0.5) is 19.0 Å². The summed E-state index contributed by atoms with van der Waals surface area (Å²) >= 11 is 0. The number of fused-ring (bicyclic) bond motifs is 4. The molecule has 4 aromatic heterocycles. The maximum atomic E-state index is 13.2. The summed E-state index contributed by atoms with van der Waals surface area (Å²) in [6.07, 6.45) is 5.98. The van der Waals surface area contributed by atoms with E-state index in [1.807, 2.05) is 11.7 Å². The van der Waals surface area contributed by atoms with E-state index in [0.29, 0.717) is 17.6 Å². The largest absolute Gasteiger partial charge is 0.480 e. The molecular formula is C26H26F3N9O. The first-order valence-electron chi connectivity index (χ1n) is 12.9. The summed E-state index contributed by atoms with van der Waals surface area (Å²) in [5.41, 5.74) is 4.32. The van der Waals surface area contributed by atoms with Gasteiger partial charge >= 0.3 is 6.18 Å². The highest BCUT2D eigenvalue weighted by Crippen LogP contribution is 2.52. The average Bonchev–Trinajstić information content (AvgIpc) is 3.52. The molecule has 0 radical (unpaired) electrons. The van der Waals surface area contributed by atoms with E-state index in [1.54, 1.807) is 19.6 Å². The zero-order chi connectivity index (χ0) is 27.1. The lowest BCUT2D eigenvalue weighted by Crippen LogP contribution is -2.38. The Morgan fingerprint density at radius 2 is 1.82 bits per heavy atom. The molecule has 4 aromatic rings. The van der Waals surface area contributed by atoms with E-state index in [-0.39, 0.29) is 23.6 Å². The zero-order valence-corrected chi connectivity index (χ0v) is 21.6. The molecule has 202 valence electrons. The number of hydrogen-bond donors (Lipinski definition) is 0. The molecule has 39 heavy (non-hydrogen) atoms. The van der Waals surface area contributed by atoms with E-state index in [0.717, 1.165) is 60.8 Å². The highest BCUT2D eigenvalue weighted by molar-refractivity contribution is 5.74. The standard InChI is InChI=1S/C26H26F3N9O/c1-36-11-18(26(27,28)29)34-24(36)15-9-31-19(10-30-15)38-14-6-7-16(38)20-17(8-14)37(2)35-23(20)21-22(13-4-5-13)32-12-33-25(21)39-3/h9-14,16H,4-8H2,1-3H3. The molecule has 2 bridgehead atoms. The van der Waals surface area contributed by atoms with Crippen molar-refractivity contribution in [2.45, 2.75) is 56.3 Å². The molecule has 0 amide bonds. The van der Waals surface area contributed by atoms with Gasteiger partial charge < -0.3 is 14.2 Å². The lowest BCUT2D eigenvalue weighted by atomic mass is 9.93. The Hall–Kier alpha value is -4.03. The topological polar surface area (TPSA) is 99.7 Å². The second-order valence-corrected chi connectivity index (χ2v) is 10.4. The minimum Gasteiger partial charge on any atom is -0.480 e. The maximum absolute atomic E-state index is 13.2. The molecule has 2 atom stereocenters. The normalized spacial score (nSPS) is 20.4. The Kier molecular flexibility index (Phi) is 5.23. The van der Waals surface area contributed by atoms with Crippen LogP contribution in [-0.4, -0.2) is 52.4 Å². The van der Waals surface area contributed by atoms with Gasteiger partial charge in [-0.3, -0.25) is 4.68 Å². The van der Waals surface area contributed by atoms with Gasteiger partial charge in [0.05, 0.1) is 36.8 Å². The van der Waals surface area contributed by atoms with E-state index in [2.05, 4.69) is 29.8 Å². The van der Waals surface area contributed by atoms with Gasteiger partial charge in [-0.15, -0.1) is 0 Å². The second-order valence-electron chi connectivity index (χ2n) is 10.4. The first-order chi connectivity index (χ1) is 18.7. The van der Waals surface area contributed by atoms with Crippen LogP contribution in [0.2, 0.25) is 0 Å². The summed E-state index contributed by atoms with van der Waals surface area (Å²) in [5.74, 6) is 1.70. The van der Waals surface area contributed by atoms with Gasteiger partial charge in [0.25, 0.3) is 0 Å². The van der Waals surface area contributed by atoms with Crippen LogP contribution in [0.25, 0.3) is 22.8 Å². The smallest absolute Gasteiger partial charge is 0.434 e. The number of alkyl halides is 3. The molecule has 13 heteroatoms. The molecule has 2 aliphatic heterocycles. The number of anilines is 1. The summed E-state index contributed by atoms with van der Waals surface area (Å²) in [5, 5.41) is 4.97. The Morgan fingerprint density at radius 3 is 2.49 bits per heavy atom. The summed E-state index contributed by atoms with van der Waals surface area (Å²) in [4.78, 5) is 24.2. The number of ether oxygens (including phenoxy) is 1. The van der Waals surface area contributed by atoms with Crippen molar-refractivity contribution >= 4 is 5.82 Å². The molecule has 7 rings (SSSR count).